The summed E-state index contributed by atoms with van der Waals surface area (Å²) in [5.41, 5.74) is 0.364. The van der Waals surface area contributed by atoms with Crippen molar-refractivity contribution in [1.29, 1.82) is 0 Å². The Labute approximate surface area is 81.2 Å². The molecule has 0 bridgehead atoms. The topological polar surface area (TPSA) is 8.81 Å². The summed E-state index contributed by atoms with van der Waals surface area (Å²) in [6, 6.07) is 0. The lowest BCUT2D eigenvalue weighted by molar-refractivity contribution is -0.707. The van der Waals surface area contributed by atoms with Gasteiger partial charge in [-0.15, -0.1) is 0 Å². The van der Waals surface area contributed by atoms with Crippen molar-refractivity contribution in [2.75, 3.05) is 0 Å². The van der Waals surface area contributed by atoms with Crippen molar-refractivity contribution in [2.45, 2.75) is 47.2 Å². The fourth-order valence-electron chi connectivity index (χ4n) is 1.47. The largest absolute Gasteiger partial charge is 0.243 e. The van der Waals surface area contributed by atoms with Gasteiger partial charge in [-0.2, -0.15) is 0 Å². The molecule has 0 amide bonds. The fraction of sp³-hybridized carbons (Fsp3) is 0.727. The van der Waals surface area contributed by atoms with Gasteiger partial charge >= 0.3 is 0 Å². The van der Waals surface area contributed by atoms with Crippen molar-refractivity contribution >= 4 is 0 Å². The standard InChI is InChI=1S/C11H21N2/c1-5-6-12-7-8-13(10-12)9-11(2,3)4/h7-8,10H,5-6,9H2,1-4H3/q+1. The van der Waals surface area contributed by atoms with E-state index < -0.39 is 0 Å². The summed E-state index contributed by atoms with van der Waals surface area (Å²) in [7, 11) is 0. The molecular formula is C11H21N2+. The SMILES string of the molecule is CCCn1cc[n+](CC(C)(C)C)c1. The number of aromatic nitrogens is 2. The van der Waals surface area contributed by atoms with Gasteiger partial charge in [-0.05, 0) is 11.8 Å². The number of rotatable bonds is 3. The smallest absolute Gasteiger partial charge is 0.237 e. The van der Waals surface area contributed by atoms with Crippen molar-refractivity contribution in [3.63, 3.8) is 0 Å². The molecule has 0 aliphatic heterocycles. The van der Waals surface area contributed by atoms with Gasteiger partial charge in [0.25, 0.3) is 0 Å². The van der Waals surface area contributed by atoms with Gasteiger partial charge in [0.2, 0.25) is 6.33 Å². The van der Waals surface area contributed by atoms with E-state index in [-0.39, 0.29) is 0 Å². The number of hydrogen-bond acceptors (Lipinski definition) is 0. The van der Waals surface area contributed by atoms with Crippen molar-refractivity contribution < 1.29 is 4.57 Å². The van der Waals surface area contributed by atoms with E-state index in [4.69, 9.17) is 0 Å². The van der Waals surface area contributed by atoms with Crippen LogP contribution in [0, 0.1) is 5.41 Å². The number of imidazole rings is 1. The van der Waals surface area contributed by atoms with E-state index in [2.05, 4.69) is 55.6 Å². The summed E-state index contributed by atoms with van der Waals surface area (Å²) in [6.45, 7) is 11.2. The molecule has 0 N–H and O–H groups in total. The summed E-state index contributed by atoms with van der Waals surface area (Å²) < 4.78 is 4.50. The minimum absolute atomic E-state index is 0.364. The normalized spacial score (nSPS) is 12.0. The lowest BCUT2D eigenvalue weighted by atomic mass is 9.97. The van der Waals surface area contributed by atoms with Crippen LogP contribution in [0.1, 0.15) is 34.1 Å². The van der Waals surface area contributed by atoms with Gasteiger partial charge in [0.05, 0.1) is 13.1 Å². The highest BCUT2D eigenvalue weighted by Gasteiger charge is 2.14. The molecule has 0 unspecified atom stereocenters. The van der Waals surface area contributed by atoms with Crippen LogP contribution >= 0.6 is 0 Å². The quantitative estimate of drug-likeness (QED) is 0.632. The molecule has 0 aliphatic carbocycles. The van der Waals surface area contributed by atoms with Crippen LogP contribution in [0.25, 0.3) is 0 Å². The number of hydrogen-bond donors (Lipinski definition) is 0. The lowest BCUT2D eigenvalue weighted by Crippen LogP contribution is -2.38. The Hall–Kier alpha value is -0.790. The Morgan fingerprint density at radius 3 is 2.54 bits per heavy atom. The van der Waals surface area contributed by atoms with E-state index in [9.17, 15) is 0 Å². The maximum Gasteiger partial charge on any atom is 0.243 e. The monoisotopic (exact) mass is 181 g/mol. The molecule has 1 aromatic heterocycles. The summed E-state index contributed by atoms with van der Waals surface area (Å²) >= 11 is 0. The third kappa shape index (κ3) is 3.62. The van der Waals surface area contributed by atoms with Gasteiger partial charge in [-0.1, -0.05) is 27.7 Å². The van der Waals surface area contributed by atoms with Crippen LogP contribution in [-0.4, -0.2) is 4.57 Å². The molecular weight excluding hydrogens is 160 g/mol. The van der Waals surface area contributed by atoms with E-state index in [1.54, 1.807) is 0 Å². The molecule has 2 heteroatoms. The summed E-state index contributed by atoms with van der Waals surface area (Å²) in [5, 5.41) is 0. The Morgan fingerprint density at radius 1 is 1.31 bits per heavy atom. The van der Waals surface area contributed by atoms with Crippen LogP contribution in [0.15, 0.2) is 18.7 Å². The van der Waals surface area contributed by atoms with Crippen LogP contribution < -0.4 is 4.57 Å². The molecule has 0 aromatic carbocycles. The summed E-state index contributed by atoms with van der Waals surface area (Å²) in [6.07, 6.45) is 7.69. The molecule has 0 saturated heterocycles. The second-order valence-corrected chi connectivity index (χ2v) is 4.88. The van der Waals surface area contributed by atoms with Gasteiger partial charge in [0.15, 0.2) is 0 Å². The average Bonchev–Trinajstić information content (AvgIpc) is 2.33. The molecule has 74 valence electrons. The van der Waals surface area contributed by atoms with Crippen LogP contribution in [0.5, 0.6) is 0 Å². The van der Waals surface area contributed by atoms with Crippen molar-refractivity contribution in [3.05, 3.63) is 18.7 Å². The fourth-order valence-corrected chi connectivity index (χ4v) is 1.47. The highest BCUT2D eigenvalue weighted by atomic mass is 15.1. The van der Waals surface area contributed by atoms with Crippen molar-refractivity contribution in [1.82, 2.24) is 4.57 Å². The molecule has 0 spiro atoms. The van der Waals surface area contributed by atoms with Gasteiger partial charge in [-0.3, -0.25) is 0 Å². The third-order valence-corrected chi connectivity index (χ3v) is 1.88. The van der Waals surface area contributed by atoms with Crippen molar-refractivity contribution in [3.8, 4) is 0 Å². The first-order chi connectivity index (χ1) is 6.01. The van der Waals surface area contributed by atoms with Crippen molar-refractivity contribution in [2.24, 2.45) is 5.41 Å². The second-order valence-electron chi connectivity index (χ2n) is 4.88. The van der Waals surface area contributed by atoms with E-state index in [0.29, 0.717) is 5.41 Å². The molecule has 1 heterocycles. The van der Waals surface area contributed by atoms with Gasteiger partial charge in [0, 0.05) is 0 Å². The zero-order valence-electron chi connectivity index (χ0n) is 9.25. The summed E-state index contributed by atoms with van der Waals surface area (Å²) in [5.74, 6) is 0. The molecule has 1 rings (SSSR count). The first kappa shape index (κ1) is 10.3. The lowest BCUT2D eigenvalue weighted by Gasteiger charge is -2.14. The zero-order valence-corrected chi connectivity index (χ0v) is 9.25. The van der Waals surface area contributed by atoms with Gasteiger partial charge in [-0.25, -0.2) is 9.13 Å². The second kappa shape index (κ2) is 3.95. The average molecular weight is 181 g/mol. The van der Waals surface area contributed by atoms with E-state index in [1.807, 2.05) is 0 Å². The predicted molar refractivity (Wildman–Crippen MR) is 54.4 cm³/mol. The van der Waals surface area contributed by atoms with E-state index >= 15 is 0 Å². The minimum atomic E-state index is 0.364. The number of aryl methyl sites for hydroxylation is 1. The molecule has 2 nitrogen and oxygen atoms in total. The van der Waals surface area contributed by atoms with Crippen LogP contribution in [0.4, 0.5) is 0 Å². The minimum Gasteiger partial charge on any atom is -0.237 e. The zero-order chi connectivity index (χ0) is 9.90. The first-order valence-electron chi connectivity index (χ1n) is 5.06. The Kier molecular flexibility index (Phi) is 3.12. The maximum absolute atomic E-state index is 2.26. The summed E-state index contributed by atoms with van der Waals surface area (Å²) in [4.78, 5) is 0. The molecule has 0 fully saturated rings. The highest BCUT2D eigenvalue weighted by molar-refractivity contribution is 4.66. The molecule has 1 aromatic rings. The highest BCUT2D eigenvalue weighted by Crippen LogP contribution is 2.12. The predicted octanol–water partition coefficient (Wildman–Crippen LogP) is 2.23. The van der Waals surface area contributed by atoms with Crippen LogP contribution in [-0.2, 0) is 13.1 Å². The molecule has 0 atom stereocenters. The van der Waals surface area contributed by atoms with Crippen LogP contribution in [0.2, 0.25) is 0 Å². The van der Waals surface area contributed by atoms with E-state index in [1.165, 1.54) is 6.42 Å². The van der Waals surface area contributed by atoms with Crippen LogP contribution in [0.3, 0.4) is 0 Å². The van der Waals surface area contributed by atoms with Gasteiger partial charge < -0.3 is 0 Å². The maximum atomic E-state index is 2.26. The number of nitrogens with zero attached hydrogens (tertiary/aromatic N) is 2. The molecule has 0 aliphatic rings. The Bertz CT molecular complexity index is 255. The van der Waals surface area contributed by atoms with E-state index in [0.717, 1.165) is 13.1 Å². The van der Waals surface area contributed by atoms with Gasteiger partial charge in [0.1, 0.15) is 12.4 Å². The molecule has 0 radical (unpaired) electrons. The third-order valence-electron chi connectivity index (χ3n) is 1.88. The Balaban J connectivity index is 2.59. The molecule has 0 saturated carbocycles. The molecule has 13 heavy (non-hydrogen) atoms. The first-order valence-corrected chi connectivity index (χ1v) is 5.06. The Morgan fingerprint density at radius 2 is 2.00 bits per heavy atom.